The molecule has 1 amide bonds. The molecule has 0 spiro atoms. The van der Waals surface area contributed by atoms with Crippen molar-refractivity contribution < 1.29 is 13.9 Å². The van der Waals surface area contributed by atoms with Crippen molar-refractivity contribution in [3.63, 3.8) is 0 Å². The van der Waals surface area contributed by atoms with Gasteiger partial charge in [0, 0.05) is 32.5 Å². The first-order valence-corrected chi connectivity index (χ1v) is 8.96. The first-order chi connectivity index (χ1) is 12.0. The van der Waals surface area contributed by atoms with E-state index in [1.807, 2.05) is 11.8 Å². The molecule has 1 aromatic heterocycles. The Kier molecular flexibility index (Phi) is 6.82. The first-order valence-electron chi connectivity index (χ1n) is 8.96. The van der Waals surface area contributed by atoms with Gasteiger partial charge in [0.1, 0.15) is 6.07 Å². The third-order valence-electron chi connectivity index (χ3n) is 4.61. The van der Waals surface area contributed by atoms with Gasteiger partial charge in [-0.05, 0) is 25.7 Å². The molecule has 0 aromatic carbocycles. The minimum atomic E-state index is -0.0197. The highest BCUT2D eigenvalue weighted by molar-refractivity contribution is 5.79. The predicted octanol–water partition coefficient (Wildman–Crippen LogP) is 2.25. The van der Waals surface area contributed by atoms with E-state index in [-0.39, 0.29) is 17.9 Å². The summed E-state index contributed by atoms with van der Waals surface area (Å²) in [7, 11) is 0. The van der Waals surface area contributed by atoms with Crippen molar-refractivity contribution in [2.24, 2.45) is 11.8 Å². The molecule has 1 saturated heterocycles. The molecule has 0 unspecified atom stereocenters. The number of hydrogen-bond acceptors (Lipinski definition) is 6. The van der Waals surface area contributed by atoms with Crippen LogP contribution in [0.4, 0.5) is 5.88 Å². The van der Waals surface area contributed by atoms with Gasteiger partial charge in [-0.25, -0.2) is 4.98 Å². The molecule has 7 nitrogen and oxygen atoms in total. The summed E-state index contributed by atoms with van der Waals surface area (Å²) in [6.45, 7) is 10.4. The van der Waals surface area contributed by atoms with Crippen molar-refractivity contribution in [2.75, 3.05) is 31.2 Å². The quantitative estimate of drug-likeness (QED) is 0.812. The van der Waals surface area contributed by atoms with Gasteiger partial charge < -0.3 is 19.4 Å². The van der Waals surface area contributed by atoms with Crippen LogP contribution in [0.25, 0.3) is 0 Å². The molecule has 1 aliphatic rings. The zero-order valence-corrected chi connectivity index (χ0v) is 15.5. The number of carbonyl (C=O) groups is 1. The molecule has 138 valence electrons. The molecule has 25 heavy (non-hydrogen) atoms. The van der Waals surface area contributed by atoms with Crippen molar-refractivity contribution in [1.82, 2.24) is 10.3 Å². The summed E-state index contributed by atoms with van der Waals surface area (Å²) in [5.74, 6) is 1.41. The maximum Gasteiger partial charge on any atom is 0.234 e. The van der Waals surface area contributed by atoms with Crippen molar-refractivity contribution in [1.29, 1.82) is 5.26 Å². The molecule has 1 fully saturated rings. The number of amides is 1. The number of piperidine rings is 1. The number of rotatable bonds is 7. The van der Waals surface area contributed by atoms with E-state index in [2.05, 4.69) is 30.2 Å². The number of oxazole rings is 1. The van der Waals surface area contributed by atoms with Crippen molar-refractivity contribution in [3.05, 3.63) is 11.6 Å². The fourth-order valence-corrected chi connectivity index (χ4v) is 2.99. The van der Waals surface area contributed by atoms with Gasteiger partial charge in [-0.2, -0.15) is 5.26 Å². The summed E-state index contributed by atoms with van der Waals surface area (Å²) >= 11 is 0. The molecule has 1 N–H and O–H groups in total. The van der Waals surface area contributed by atoms with Gasteiger partial charge in [0.2, 0.25) is 17.5 Å². The Morgan fingerprint density at radius 1 is 1.48 bits per heavy atom. The zero-order chi connectivity index (χ0) is 18.4. The number of aryl methyl sites for hydroxylation is 1. The second kappa shape index (κ2) is 8.86. The van der Waals surface area contributed by atoms with Gasteiger partial charge in [-0.1, -0.05) is 13.8 Å². The van der Waals surface area contributed by atoms with Gasteiger partial charge >= 0.3 is 0 Å². The number of nitriles is 1. The van der Waals surface area contributed by atoms with Crippen LogP contribution in [0.15, 0.2) is 4.42 Å². The highest BCUT2D eigenvalue weighted by Crippen LogP contribution is 2.27. The van der Waals surface area contributed by atoms with Crippen LogP contribution in [0, 0.1) is 30.1 Å². The number of anilines is 1. The van der Waals surface area contributed by atoms with Crippen LogP contribution in [0.3, 0.4) is 0 Å². The van der Waals surface area contributed by atoms with E-state index in [4.69, 9.17) is 14.4 Å². The van der Waals surface area contributed by atoms with Crippen LogP contribution >= 0.6 is 0 Å². The van der Waals surface area contributed by atoms with Gasteiger partial charge in [0.15, 0.2) is 5.89 Å². The minimum absolute atomic E-state index is 0.0197. The monoisotopic (exact) mass is 348 g/mol. The van der Waals surface area contributed by atoms with Crippen molar-refractivity contribution in [3.8, 4) is 6.07 Å². The topological polar surface area (TPSA) is 91.4 Å². The maximum absolute atomic E-state index is 12.6. The SMILES string of the molecule is CCOC[C@@H](NC(=O)C1CCN(c2oc(C)nc2C#N)CC1)C(C)C. The van der Waals surface area contributed by atoms with Crippen LogP contribution in [0.5, 0.6) is 0 Å². The second-order valence-corrected chi connectivity index (χ2v) is 6.78. The van der Waals surface area contributed by atoms with Crippen molar-refractivity contribution in [2.45, 2.75) is 46.6 Å². The Morgan fingerprint density at radius 3 is 2.72 bits per heavy atom. The van der Waals surface area contributed by atoms with Gasteiger partial charge in [-0.3, -0.25) is 4.79 Å². The summed E-state index contributed by atoms with van der Waals surface area (Å²) in [6.07, 6.45) is 1.46. The molecular formula is C18H28N4O3. The van der Waals surface area contributed by atoms with E-state index in [0.29, 0.717) is 49.7 Å². The number of carbonyl (C=O) groups excluding carboxylic acids is 1. The molecule has 1 atom stereocenters. The lowest BCUT2D eigenvalue weighted by molar-refractivity contribution is -0.127. The van der Waals surface area contributed by atoms with E-state index in [1.165, 1.54) is 0 Å². The van der Waals surface area contributed by atoms with Crippen LogP contribution in [0.2, 0.25) is 0 Å². The Bertz CT molecular complexity index is 612. The summed E-state index contributed by atoms with van der Waals surface area (Å²) in [4.78, 5) is 18.7. The van der Waals surface area contributed by atoms with E-state index in [9.17, 15) is 4.79 Å². The Balaban J connectivity index is 1.90. The number of ether oxygens (including phenoxy) is 1. The van der Waals surface area contributed by atoms with E-state index in [0.717, 1.165) is 12.8 Å². The minimum Gasteiger partial charge on any atom is -0.424 e. The fourth-order valence-electron chi connectivity index (χ4n) is 2.99. The number of aromatic nitrogens is 1. The fraction of sp³-hybridized carbons (Fsp3) is 0.722. The lowest BCUT2D eigenvalue weighted by Gasteiger charge is -2.32. The smallest absolute Gasteiger partial charge is 0.234 e. The Labute approximate surface area is 149 Å². The lowest BCUT2D eigenvalue weighted by atomic mass is 9.94. The van der Waals surface area contributed by atoms with Crippen LogP contribution in [0.1, 0.15) is 45.2 Å². The molecule has 2 heterocycles. The van der Waals surface area contributed by atoms with Crippen LogP contribution in [-0.2, 0) is 9.53 Å². The first kappa shape index (κ1) is 19.3. The standard InChI is InChI=1S/C18H28N4O3/c1-5-24-11-16(12(2)3)21-17(23)14-6-8-22(9-7-14)18-15(10-19)20-13(4)25-18/h12,14,16H,5-9,11H2,1-4H3,(H,21,23)/t16-/m1/s1. The lowest BCUT2D eigenvalue weighted by Crippen LogP contribution is -2.47. The average molecular weight is 348 g/mol. The normalized spacial score (nSPS) is 16.7. The highest BCUT2D eigenvalue weighted by Gasteiger charge is 2.29. The summed E-state index contributed by atoms with van der Waals surface area (Å²) in [5.41, 5.74) is 0.317. The molecule has 7 heteroatoms. The molecule has 0 aliphatic carbocycles. The average Bonchev–Trinajstić information content (AvgIpc) is 2.99. The second-order valence-electron chi connectivity index (χ2n) is 6.78. The molecular weight excluding hydrogens is 320 g/mol. The van der Waals surface area contributed by atoms with Gasteiger partial charge in [0.25, 0.3) is 0 Å². The van der Waals surface area contributed by atoms with Crippen LogP contribution in [-0.4, -0.2) is 43.2 Å². The highest BCUT2D eigenvalue weighted by atomic mass is 16.5. The van der Waals surface area contributed by atoms with Gasteiger partial charge in [-0.15, -0.1) is 0 Å². The molecule has 0 radical (unpaired) electrons. The van der Waals surface area contributed by atoms with Crippen molar-refractivity contribution >= 4 is 11.8 Å². The predicted molar refractivity (Wildman–Crippen MR) is 94.2 cm³/mol. The summed E-state index contributed by atoms with van der Waals surface area (Å²) < 4.78 is 11.0. The summed E-state index contributed by atoms with van der Waals surface area (Å²) in [5, 5.41) is 12.3. The van der Waals surface area contributed by atoms with E-state index >= 15 is 0 Å². The number of nitrogens with one attached hydrogen (secondary N) is 1. The third kappa shape index (κ3) is 4.95. The Hall–Kier alpha value is -2.07. The number of hydrogen-bond donors (Lipinski definition) is 1. The van der Waals surface area contributed by atoms with Crippen LogP contribution < -0.4 is 10.2 Å². The molecule has 1 aliphatic heterocycles. The molecule has 1 aromatic rings. The number of nitrogens with zero attached hydrogens (tertiary/aromatic N) is 3. The van der Waals surface area contributed by atoms with Gasteiger partial charge in [0.05, 0.1) is 12.6 Å². The van der Waals surface area contributed by atoms with E-state index in [1.54, 1.807) is 6.92 Å². The molecule has 2 rings (SSSR count). The Morgan fingerprint density at radius 2 is 2.16 bits per heavy atom. The molecule has 0 saturated carbocycles. The summed E-state index contributed by atoms with van der Waals surface area (Å²) in [6, 6.07) is 2.10. The molecule has 0 bridgehead atoms. The van der Waals surface area contributed by atoms with E-state index < -0.39 is 0 Å². The zero-order valence-electron chi connectivity index (χ0n) is 15.5. The largest absolute Gasteiger partial charge is 0.424 e. The maximum atomic E-state index is 12.6. The third-order valence-corrected chi connectivity index (χ3v) is 4.61.